The summed E-state index contributed by atoms with van der Waals surface area (Å²) < 4.78 is 0. The summed E-state index contributed by atoms with van der Waals surface area (Å²) in [7, 11) is 1.83. The first-order valence-electron chi connectivity index (χ1n) is 7.01. The third kappa shape index (κ3) is 4.53. The van der Waals surface area contributed by atoms with Crippen molar-refractivity contribution in [1.82, 2.24) is 4.90 Å². The molecule has 1 aromatic carbocycles. The van der Waals surface area contributed by atoms with E-state index in [1.54, 1.807) is 4.90 Å². The lowest BCUT2D eigenvalue weighted by molar-refractivity contribution is -0.129. The minimum atomic E-state index is -0.0526. The van der Waals surface area contributed by atoms with E-state index in [9.17, 15) is 4.79 Å². The normalized spacial score (nSPS) is 11.3. The van der Waals surface area contributed by atoms with Crippen molar-refractivity contribution >= 4 is 11.6 Å². The van der Waals surface area contributed by atoms with Gasteiger partial charge in [0, 0.05) is 19.3 Å². The van der Waals surface area contributed by atoms with Crippen LogP contribution < -0.4 is 11.1 Å². The van der Waals surface area contributed by atoms with Crippen LogP contribution in [-0.2, 0) is 4.79 Å². The maximum absolute atomic E-state index is 12.2. The molecule has 0 fully saturated rings. The second-order valence-corrected chi connectivity index (χ2v) is 6.24. The topological polar surface area (TPSA) is 58.4 Å². The van der Waals surface area contributed by atoms with E-state index in [2.05, 4.69) is 19.2 Å². The third-order valence-electron chi connectivity index (χ3n) is 3.54. The number of nitrogens with one attached hydrogen (secondary N) is 1. The van der Waals surface area contributed by atoms with Crippen molar-refractivity contribution in [3.63, 3.8) is 0 Å². The van der Waals surface area contributed by atoms with E-state index < -0.39 is 0 Å². The van der Waals surface area contributed by atoms with Crippen LogP contribution in [0.2, 0.25) is 0 Å². The van der Waals surface area contributed by atoms with Gasteiger partial charge in [0.15, 0.2) is 0 Å². The minimum Gasteiger partial charge on any atom is -0.376 e. The molecular weight excluding hydrogens is 250 g/mol. The first-order chi connectivity index (χ1) is 9.26. The van der Waals surface area contributed by atoms with Gasteiger partial charge in [-0.05, 0) is 36.9 Å². The molecule has 4 heteroatoms. The molecule has 0 aromatic heterocycles. The minimum absolute atomic E-state index is 0.0526. The van der Waals surface area contributed by atoms with Crippen molar-refractivity contribution in [3.8, 4) is 0 Å². The Kier molecular flexibility index (Phi) is 5.57. The standard InChI is InChI=1S/C16H27N3O/c1-12-7-6-8-13(2)15(12)18-9-14(20)19(5)11-16(3,4)10-17/h6-8,18H,9-11,17H2,1-5H3. The lowest BCUT2D eigenvalue weighted by Crippen LogP contribution is -2.41. The zero-order valence-electron chi connectivity index (χ0n) is 13.3. The van der Waals surface area contributed by atoms with Crippen LogP contribution in [0, 0.1) is 19.3 Å². The van der Waals surface area contributed by atoms with Gasteiger partial charge in [0.1, 0.15) is 0 Å². The number of likely N-dealkylation sites (N-methyl/N-ethyl adjacent to an activating group) is 1. The largest absolute Gasteiger partial charge is 0.376 e. The molecule has 1 rings (SSSR count). The Morgan fingerprint density at radius 2 is 1.85 bits per heavy atom. The summed E-state index contributed by atoms with van der Waals surface area (Å²) in [5, 5.41) is 3.24. The third-order valence-corrected chi connectivity index (χ3v) is 3.54. The summed E-state index contributed by atoms with van der Waals surface area (Å²) in [5.41, 5.74) is 9.01. The Balaban J connectivity index is 2.59. The molecule has 20 heavy (non-hydrogen) atoms. The second-order valence-electron chi connectivity index (χ2n) is 6.24. The summed E-state index contributed by atoms with van der Waals surface area (Å²) in [6.07, 6.45) is 0. The second kappa shape index (κ2) is 6.75. The monoisotopic (exact) mass is 277 g/mol. The van der Waals surface area contributed by atoms with Crippen LogP contribution in [0.25, 0.3) is 0 Å². The van der Waals surface area contributed by atoms with Crippen molar-refractivity contribution in [2.24, 2.45) is 11.1 Å². The quantitative estimate of drug-likeness (QED) is 0.837. The molecule has 0 bridgehead atoms. The number of nitrogens with two attached hydrogens (primary N) is 1. The van der Waals surface area contributed by atoms with Crippen molar-refractivity contribution in [2.45, 2.75) is 27.7 Å². The van der Waals surface area contributed by atoms with Crippen LogP contribution in [0.1, 0.15) is 25.0 Å². The van der Waals surface area contributed by atoms with Gasteiger partial charge < -0.3 is 16.0 Å². The summed E-state index contributed by atoms with van der Waals surface area (Å²) in [5.74, 6) is 0.0779. The molecule has 0 spiro atoms. The Hall–Kier alpha value is -1.55. The molecule has 0 aliphatic rings. The molecule has 112 valence electrons. The number of para-hydroxylation sites is 1. The molecule has 3 N–H and O–H groups in total. The Morgan fingerprint density at radius 1 is 1.30 bits per heavy atom. The highest BCUT2D eigenvalue weighted by atomic mass is 16.2. The Labute approximate surface area is 122 Å². The van der Waals surface area contributed by atoms with Gasteiger partial charge in [-0.2, -0.15) is 0 Å². The average molecular weight is 277 g/mol. The zero-order chi connectivity index (χ0) is 15.3. The van der Waals surface area contributed by atoms with Crippen molar-refractivity contribution < 1.29 is 4.79 Å². The highest BCUT2D eigenvalue weighted by Gasteiger charge is 2.21. The fraction of sp³-hybridized carbons (Fsp3) is 0.562. The molecule has 0 aliphatic carbocycles. The van der Waals surface area contributed by atoms with E-state index in [1.165, 1.54) is 0 Å². The number of aryl methyl sites for hydroxylation is 2. The lowest BCUT2D eigenvalue weighted by atomic mass is 9.93. The fourth-order valence-electron chi connectivity index (χ4n) is 2.19. The van der Waals surface area contributed by atoms with Gasteiger partial charge in [-0.1, -0.05) is 32.0 Å². The molecule has 1 aromatic rings. The van der Waals surface area contributed by atoms with Gasteiger partial charge >= 0.3 is 0 Å². The van der Waals surface area contributed by atoms with Gasteiger partial charge in [0.25, 0.3) is 0 Å². The highest BCUT2D eigenvalue weighted by Crippen LogP contribution is 2.19. The number of carbonyl (C=O) groups excluding carboxylic acids is 1. The van der Waals surface area contributed by atoms with E-state index in [0.717, 1.165) is 16.8 Å². The molecule has 0 heterocycles. The van der Waals surface area contributed by atoms with Crippen molar-refractivity contribution in [3.05, 3.63) is 29.3 Å². The number of anilines is 1. The Bertz CT molecular complexity index is 449. The molecule has 0 radical (unpaired) electrons. The molecule has 4 nitrogen and oxygen atoms in total. The molecule has 0 atom stereocenters. The summed E-state index contributed by atoms with van der Waals surface area (Å²) >= 11 is 0. The SMILES string of the molecule is Cc1cccc(C)c1NCC(=O)N(C)CC(C)(C)CN. The lowest BCUT2D eigenvalue weighted by Gasteiger charge is -2.29. The Morgan fingerprint density at radius 3 is 2.35 bits per heavy atom. The van der Waals surface area contributed by atoms with Crippen molar-refractivity contribution in [2.75, 3.05) is 32.0 Å². The molecular formula is C16H27N3O. The van der Waals surface area contributed by atoms with E-state index in [1.807, 2.05) is 39.1 Å². The zero-order valence-corrected chi connectivity index (χ0v) is 13.3. The smallest absolute Gasteiger partial charge is 0.241 e. The van der Waals surface area contributed by atoms with Crippen LogP contribution in [-0.4, -0.2) is 37.5 Å². The van der Waals surface area contributed by atoms with Gasteiger partial charge in [-0.25, -0.2) is 0 Å². The van der Waals surface area contributed by atoms with E-state index in [4.69, 9.17) is 5.73 Å². The highest BCUT2D eigenvalue weighted by molar-refractivity contribution is 5.81. The molecule has 0 saturated heterocycles. The molecule has 1 amide bonds. The number of carbonyl (C=O) groups is 1. The van der Waals surface area contributed by atoms with Crippen LogP contribution in [0.4, 0.5) is 5.69 Å². The number of benzene rings is 1. The first-order valence-corrected chi connectivity index (χ1v) is 7.01. The van der Waals surface area contributed by atoms with E-state index >= 15 is 0 Å². The van der Waals surface area contributed by atoms with Gasteiger partial charge in [-0.15, -0.1) is 0 Å². The van der Waals surface area contributed by atoms with Crippen molar-refractivity contribution in [1.29, 1.82) is 0 Å². The summed E-state index contributed by atoms with van der Waals surface area (Å²) in [6, 6.07) is 6.11. The number of hydrogen-bond donors (Lipinski definition) is 2. The van der Waals surface area contributed by atoms with Crippen LogP contribution in [0.5, 0.6) is 0 Å². The van der Waals surface area contributed by atoms with E-state index in [-0.39, 0.29) is 11.3 Å². The predicted molar refractivity (Wildman–Crippen MR) is 84.9 cm³/mol. The molecule has 0 unspecified atom stereocenters. The maximum Gasteiger partial charge on any atom is 0.241 e. The van der Waals surface area contributed by atoms with Gasteiger partial charge in [-0.3, -0.25) is 4.79 Å². The number of rotatable bonds is 6. The summed E-state index contributed by atoms with van der Waals surface area (Å²) in [4.78, 5) is 13.9. The van der Waals surface area contributed by atoms with E-state index in [0.29, 0.717) is 19.6 Å². The van der Waals surface area contributed by atoms with Crippen LogP contribution in [0.15, 0.2) is 18.2 Å². The number of hydrogen-bond acceptors (Lipinski definition) is 3. The van der Waals surface area contributed by atoms with Crippen LogP contribution in [0.3, 0.4) is 0 Å². The average Bonchev–Trinajstić information content (AvgIpc) is 2.37. The predicted octanol–water partition coefficient (Wildman–Crippen LogP) is 2.16. The fourth-order valence-corrected chi connectivity index (χ4v) is 2.19. The van der Waals surface area contributed by atoms with Crippen LogP contribution >= 0.6 is 0 Å². The number of nitrogens with zero attached hydrogens (tertiary/aromatic N) is 1. The first kappa shape index (κ1) is 16.5. The molecule has 0 aliphatic heterocycles. The maximum atomic E-state index is 12.2. The van der Waals surface area contributed by atoms with Gasteiger partial charge in [0.05, 0.1) is 6.54 Å². The number of amides is 1. The molecule has 0 saturated carbocycles. The van der Waals surface area contributed by atoms with Gasteiger partial charge in [0.2, 0.25) is 5.91 Å². The summed E-state index contributed by atoms with van der Waals surface area (Å²) in [6.45, 7) is 9.75.